The molecule has 1 heterocycles. The number of rotatable bonds is 6. The van der Waals surface area contributed by atoms with E-state index in [4.69, 9.17) is 0 Å². The minimum atomic E-state index is -0.567. The molecular weight excluding hydrogens is 244 g/mol. The number of amides is 2. The fraction of sp³-hybridized carbons (Fsp3) is 0.462. The number of nitrogens with zero attached hydrogens (tertiary/aromatic N) is 1. The molecule has 0 saturated heterocycles. The molecule has 0 aliphatic rings. The number of nitrogens with one attached hydrogen (secondary N) is 3. The molecule has 1 aromatic heterocycles. The molecule has 104 valence electrons. The lowest BCUT2D eigenvalue weighted by Gasteiger charge is -2.13. The molecule has 0 bridgehead atoms. The Kier molecular flexibility index (Phi) is 5.78. The van der Waals surface area contributed by atoms with Crippen molar-refractivity contribution in [1.29, 1.82) is 0 Å². The summed E-state index contributed by atoms with van der Waals surface area (Å²) in [5, 5.41) is 8.23. The first-order chi connectivity index (χ1) is 9.08. The Bertz CT molecular complexity index is 431. The zero-order valence-electron chi connectivity index (χ0n) is 11.5. The summed E-state index contributed by atoms with van der Waals surface area (Å²) in [6.45, 7) is 4.23. The van der Waals surface area contributed by atoms with Crippen molar-refractivity contribution in [2.45, 2.75) is 26.3 Å². The zero-order valence-corrected chi connectivity index (χ0v) is 11.5. The van der Waals surface area contributed by atoms with Gasteiger partial charge in [-0.05, 0) is 25.5 Å². The van der Waals surface area contributed by atoms with Crippen LogP contribution in [0.5, 0.6) is 0 Å². The van der Waals surface area contributed by atoms with E-state index in [1.54, 1.807) is 26.1 Å². The fourth-order valence-corrected chi connectivity index (χ4v) is 1.42. The molecule has 0 radical (unpaired) electrons. The largest absolute Gasteiger partial charge is 0.373 e. The van der Waals surface area contributed by atoms with Gasteiger partial charge in [0.2, 0.25) is 5.91 Å². The van der Waals surface area contributed by atoms with E-state index >= 15 is 0 Å². The van der Waals surface area contributed by atoms with Gasteiger partial charge in [0.15, 0.2) is 0 Å². The van der Waals surface area contributed by atoms with Crippen LogP contribution in [-0.4, -0.2) is 36.4 Å². The fourth-order valence-electron chi connectivity index (χ4n) is 1.42. The summed E-state index contributed by atoms with van der Waals surface area (Å²) in [6.07, 6.45) is 2.33. The Balaban J connectivity index is 2.55. The highest BCUT2D eigenvalue weighted by atomic mass is 16.2. The molecule has 0 aliphatic heterocycles. The lowest BCUT2D eigenvalue weighted by molar-refractivity contribution is -0.122. The van der Waals surface area contributed by atoms with Crippen molar-refractivity contribution in [3.8, 4) is 0 Å². The number of hydrogen-bond donors (Lipinski definition) is 3. The lowest BCUT2D eigenvalue weighted by Crippen LogP contribution is -2.45. The van der Waals surface area contributed by atoms with Gasteiger partial charge in [0, 0.05) is 19.8 Å². The van der Waals surface area contributed by atoms with Gasteiger partial charge in [0.1, 0.15) is 11.9 Å². The van der Waals surface area contributed by atoms with Gasteiger partial charge in [-0.25, -0.2) is 4.98 Å². The number of pyridine rings is 1. The summed E-state index contributed by atoms with van der Waals surface area (Å²) in [5.74, 6) is 0.189. The second-order valence-corrected chi connectivity index (χ2v) is 4.17. The summed E-state index contributed by atoms with van der Waals surface area (Å²) in [4.78, 5) is 27.5. The first kappa shape index (κ1) is 14.9. The third-order valence-corrected chi connectivity index (χ3v) is 2.57. The average Bonchev–Trinajstić information content (AvgIpc) is 2.44. The normalized spacial score (nSPS) is 11.5. The van der Waals surface area contributed by atoms with E-state index < -0.39 is 6.04 Å². The van der Waals surface area contributed by atoms with E-state index in [2.05, 4.69) is 20.9 Å². The Morgan fingerprint density at radius 1 is 1.37 bits per heavy atom. The maximum absolute atomic E-state index is 11.9. The molecule has 2 amide bonds. The number of aromatic nitrogens is 1. The molecule has 0 aliphatic carbocycles. The minimum absolute atomic E-state index is 0.185. The predicted octanol–water partition coefficient (Wildman–Crippen LogP) is 0.768. The van der Waals surface area contributed by atoms with Crippen LogP contribution in [0.3, 0.4) is 0 Å². The molecule has 6 nitrogen and oxygen atoms in total. The first-order valence-electron chi connectivity index (χ1n) is 6.30. The number of carbonyl (C=O) groups excluding carboxylic acids is 2. The molecule has 3 N–H and O–H groups in total. The molecule has 19 heavy (non-hydrogen) atoms. The maximum Gasteiger partial charge on any atom is 0.253 e. The molecule has 0 aromatic carbocycles. The minimum Gasteiger partial charge on any atom is -0.373 e. The van der Waals surface area contributed by atoms with Gasteiger partial charge in [-0.2, -0.15) is 0 Å². The van der Waals surface area contributed by atoms with Crippen LogP contribution >= 0.6 is 0 Å². The maximum atomic E-state index is 11.9. The van der Waals surface area contributed by atoms with Gasteiger partial charge in [-0.15, -0.1) is 0 Å². The van der Waals surface area contributed by atoms with Crippen LogP contribution in [0.25, 0.3) is 0 Å². The number of hydrogen-bond acceptors (Lipinski definition) is 4. The van der Waals surface area contributed by atoms with Gasteiger partial charge in [-0.1, -0.05) is 6.92 Å². The Morgan fingerprint density at radius 2 is 2.11 bits per heavy atom. The van der Waals surface area contributed by atoms with Crippen molar-refractivity contribution in [2.24, 2.45) is 0 Å². The van der Waals surface area contributed by atoms with E-state index in [1.807, 2.05) is 6.92 Å². The number of anilines is 1. The molecule has 6 heteroatoms. The van der Waals surface area contributed by atoms with E-state index in [1.165, 1.54) is 6.20 Å². The van der Waals surface area contributed by atoms with Crippen molar-refractivity contribution in [1.82, 2.24) is 15.6 Å². The molecule has 0 spiro atoms. The van der Waals surface area contributed by atoms with Gasteiger partial charge < -0.3 is 16.0 Å². The van der Waals surface area contributed by atoms with Gasteiger partial charge in [0.25, 0.3) is 5.91 Å². The van der Waals surface area contributed by atoms with E-state index in [9.17, 15) is 9.59 Å². The summed E-state index contributed by atoms with van der Waals surface area (Å²) in [7, 11) is 1.75. The highest BCUT2D eigenvalue weighted by Crippen LogP contribution is 2.04. The summed E-state index contributed by atoms with van der Waals surface area (Å²) >= 11 is 0. The summed E-state index contributed by atoms with van der Waals surface area (Å²) in [6, 6.07) is 2.80. The van der Waals surface area contributed by atoms with Crippen LogP contribution in [0.2, 0.25) is 0 Å². The van der Waals surface area contributed by atoms with Crippen LogP contribution < -0.4 is 16.0 Å². The molecular formula is C13H20N4O2. The second kappa shape index (κ2) is 7.35. The van der Waals surface area contributed by atoms with Crippen molar-refractivity contribution >= 4 is 17.6 Å². The molecule has 1 aromatic rings. The average molecular weight is 264 g/mol. The van der Waals surface area contributed by atoms with Crippen molar-refractivity contribution in [2.75, 3.05) is 18.9 Å². The Morgan fingerprint density at radius 3 is 2.63 bits per heavy atom. The molecule has 0 saturated carbocycles. The highest BCUT2D eigenvalue weighted by Gasteiger charge is 2.16. The third-order valence-electron chi connectivity index (χ3n) is 2.57. The smallest absolute Gasteiger partial charge is 0.253 e. The van der Waals surface area contributed by atoms with Crippen LogP contribution in [0, 0.1) is 0 Å². The molecule has 1 atom stereocenters. The van der Waals surface area contributed by atoms with Crippen molar-refractivity contribution in [3.05, 3.63) is 23.9 Å². The highest BCUT2D eigenvalue weighted by molar-refractivity contribution is 5.97. The Labute approximate surface area is 113 Å². The van der Waals surface area contributed by atoms with Crippen LogP contribution in [-0.2, 0) is 4.79 Å². The molecule has 0 fully saturated rings. The third kappa shape index (κ3) is 4.57. The zero-order chi connectivity index (χ0) is 14.3. The van der Waals surface area contributed by atoms with Gasteiger partial charge in [0.05, 0.1) is 5.56 Å². The first-order valence-corrected chi connectivity index (χ1v) is 6.30. The van der Waals surface area contributed by atoms with Crippen LogP contribution in [0.15, 0.2) is 18.3 Å². The SMILES string of the molecule is CCCNC(=O)C(C)NC(=O)c1ccc(NC)nc1. The van der Waals surface area contributed by atoms with E-state index in [-0.39, 0.29) is 11.8 Å². The van der Waals surface area contributed by atoms with E-state index in [0.29, 0.717) is 17.9 Å². The van der Waals surface area contributed by atoms with Crippen LogP contribution in [0.1, 0.15) is 30.6 Å². The van der Waals surface area contributed by atoms with Crippen molar-refractivity contribution < 1.29 is 9.59 Å². The summed E-state index contributed by atoms with van der Waals surface area (Å²) < 4.78 is 0. The molecule has 1 unspecified atom stereocenters. The quantitative estimate of drug-likeness (QED) is 0.708. The summed E-state index contributed by atoms with van der Waals surface area (Å²) in [5.41, 5.74) is 0.425. The topological polar surface area (TPSA) is 83.1 Å². The Hall–Kier alpha value is -2.11. The van der Waals surface area contributed by atoms with E-state index in [0.717, 1.165) is 6.42 Å². The second-order valence-electron chi connectivity index (χ2n) is 4.17. The van der Waals surface area contributed by atoms with Gasteiger partial charge in [-0.3, -0.25) is 9.59 Å². The van der Waals surface area contributed by atoms with Gasteiger partial charge >= 0.3 is 0 Å². The number of carbonyl (C=O) groups is 2. The predicted molar refractivity (Wildman–Crippen MR) is 74.0 cm³/mol. The standard InChI is InChI=1S/C13H20N4O2/c1-4-7-15-12(18)9(2)17-13(19)10-5-6-11(14-3)16-8-10/h5-6,8-9H,4,7H2,1-3H3,(H,14,16)(H,15,18)(H,17,19). The van der Waals surface area contributed by atoms with Crippen LogP contribution in [0.4, 0.5) is 5.82 Å². The lowest BCUT2D eigenvalue weighted by atomic mass is 10.2. The molecule has 1 rings (SSSR count). The van der Waals surface area contributed by atoms with Crippen molar-refractivity contribution in [3.63, 3.8) is 0 Å². The monoisotopic (exact) mass is 264 g/mol.